The van der Waals surface area contributed by atoms with Crippen LogP contribution >= 0.6 is 0 Å². The van der Waals surface area contributed by atoms with E-state index in [-0.39, 0.29) is 11.8 Å². The van der Waals surface area contributed by atoms with E-state index in [4.69, 9.17) is 9.47 Å². The van der Waals surface area contributed by atoms with Gasteiger partial charge in [0.1, 0.15) is 22.8 Å². The average Bonchev–Trinajstić information content (AvgIpc) is 2.93. The van der Waals surface area contributed by atoms with Crippen LogP contribution in [-0.2, 0) is 4.79 Å². The van der Waals surface area contributed by atoms with Gasteiger partial charge in [0, 0.05) is 24.3 Å². The maximum atomic E-state index is 13.2. The summed E-state index contributed by atoms with van der Waals surface area (Å²) in [6.45, 7) is 1.03. The minimum Gasteiger partial charge on any atom is -0.497 e. The van der Waals surface area contributed by atoms with Gasteiger partial charge >= 0.3 is 0 Å². The molecule has 0 aromatic heterocycles. The molecule has 1 saturated carbocycles. The van der Waals surface area contributed by atoms with Crippen LogP contribution < -0.4 is 25.4 Å². The molecule has 0 heterocycles. The Labute approximate surface area is 212 Å². The molecular formula is C29H33N3O4. The van der Waals surface area contributed by atoms with Crippen molar-refractivity contribution in [2.45, 2.75) is 37.6 Å². The Balaban J connectivity index is 1.33. The monoisotopic (exact) mass is 487 g/mol. The first-order valence-electron chi connectivity index (χ1n) is 12.4. The maximum Gasteiger partial charge on any atom is 0.252 e. The first-order chi connectivity index (χ1) is 17.6. The Morgan fingerprint density at radius 2 is 1.42 bits per heavy atom. The van der Waals surface area contributed by atoms with Crippen LogP contribution in [0.4, 0.5) is 5.69 Å². The number of anilines is 1. The summed E-state index contributed by atoms with van der Waals surface area (Å²) in [6.07, 6.45) is 4.14. The maximum absolute atomic E-state index is 13.2. The van der Waals surface area contributed by atoms with Crippen LogP contribution in [0.15, 0.2) is 78.9 Å². The third-order valence-corrected chi connectivity index (χ3v) is 6.42. The zero-order valence-corrected chi connectivity index (χ0v) is 20.6. The van der Waals surface area contributed by atoms with Gasteiger partial charge in [-0.25, -0.2) is 0 Å². The van der Waals surface area contributed by atoms with E-state index >= 15 is 0 Å². The van der Waals surface area contributed by atoms with Gasteiger partial charge in [-0.05, 0) is 73.5 Å². The molecule has 1 fully saturated rings. The lowest BCUT2D eigenvalue weighted by atomic mass is 9.80. The van der Waals surface area contributed by atoms with Gasteiger partial charge in [-0.15, -0.1) is 0 Å². The van der Waals surface area contributed by atoms with E-state index in [0.29, 0.717) is 37.2 Å². The predicted molar refractivity (Wildman–Crippen MR) is 141 cm³/mol. The van der Waals surface area contributed by atoms with Gasteiger partial charge in [0.25, 0.3) is 5.91 Å². The van der Waals surface area contributed by atoms with E-state index in [1.54, 1.807) is 31.4 Å². The van der Waals surface area contributed by atoms with Gasteiger partial charge in [0.15, 0.2) is 0 Å². The van der Waals surface area contributed by atoms with Gasteiger partial charge in [0.05, 0.1) is 7.11 Å². The smallest absolute Gasteiger partial charge is 0.252 e. The zero-order valence-electron chi connectivity index (χ0n) is 20.6. The Morgan fingerprint density at radius 3 is 2.08 bits per heavy atom. The third kappa shape index (κ3) is 6.56. The fraction of sp³-hybridized carbons (Fsp3) is 0.310. The summed E-state index contributed by atoms with van der Waals surface area (Å²) < 4.78 is 11.0. The van der Waals surface area contributed by atoms with Crippen molar-refractivity contribution in [3.05, 3.63) is 84.4 Å². The lowest BCUT2D eigenvalue weighted by molar-refractivity contribution is -0.128. The van der Waals surface area contributed by atoms with Crippen LogP contribution in [-0.4, -0.2) is 37.6 Å². The topological polar surface area (TPSA) is 88.7 Å². The molecule has 0 aliphatic heterocycles. The summed E-state index contributed by atoms with van der Waals surface area (Å²) in [5.41, 5.74) is 0.550. The van der Waals surface area contributed by atoms with Crippen molar-refractivity contribution < 1.29 is 19.1 Å². The lowest BCUT2D eigenvalue weighted by Gasteiger charge is -2.36. The highest BCUT2D eigenvalue weighted by Gasteiger charge is 2.40. The highest BCUT2D eigenvalue weighted by atomic mass is 16.5. The quantitative estimate of drug-likeness (QED) is 0.344. The highest BCUT2D eigenvalue weighted by molar-refractivity contribution is 5.99. The van der Waals surface area contributed by atoms with Crippen molar-refractivity contribution in [1.82, 2.24) is 10.6 Å². The normalized spacial score (nSPS) is 14.4. The second-order valence-electron chi connectivity index (χ2n) is 8.95. The molecule has 0 radical (unpaired) electrons. The number of hydrogen-bond acceptors (Lipinski definition) is 5. The number of hydrogen-bond donors (Lipinski definition) is 3. The number of methoxy groups -OCH3 is 1. The average molecular weight is 488 g/mol. The molecule has 0 unspecified atom stereocenters. The molecule has 3 N–H and O–H groups in total. The van der Waals surface area contributed by atoms with E-state index in [9.17, 15) is 9.59 Å². The summed E-state index contributed by atoms with van der Waals surface area (Å²) in [6, 6.07) is 24.1. The van der Waals surface area contributed by atoms with Crippen LogP contribution in [0.1, 0.15) is 42.5 Å². The van der Waals surface area contributed by atoms with Crippen LogP contribution in [0, 0.1) is 0 Å². The van der Waals surface area contributed by atoms with E-state index in [1.165, 1.54) is 0 Å². The molecule has 1 aliphatic rings. The van der Waals surface area contributed by atoms with Gasteiger partial charge in [-0.2, -0.15) is 0 Å². The first kappa shape index (κ1) is 25.1. The van der Waals surface area contributed by atoms with Crippen molar-refractivity contribution >= 4 is 17.5 Å². The van der Waals surface area contributed by atoms with Crippen LogP contribution in [0.25, 0.3) is 0 Å². The number of ether oxygens (including phenoxy) is 2. The summed E-state index contributed by atoms with van der Waals surface area (Å²) in [5.74, 6) is 1.79. The second kappa shape index (κ2) is 12.1. The Kier molecular flexibility index (Phi) is 8.44. The molecule has 3 aromatic carbocycles. The predicted octanol–water partition coefficient (Wildman–Crippen LogP) is 5.15. The van der Waals surface area contributed by atoms with Crippen molar-refractivity contribution in [3.8, 4) is 17.2 Å². The highest BCUT2D eigenvalue weighted by Crippen LogP contribution is 2.29. The van der Waals surface area contributed by atoms with Crippen LogP contribution in [0.3, 0.4) is 0 Å². The number of carbonyl (C=O) groups excluding carboxylic acids is 2. The lowest BCUT2D eigenvalue weighted by Crippen LogP contribution is -2.60. The molecule has 7 heteroatoms. The fourth-order valence-corrected chi connectivity index (χ4v) is 4.41. The second-order valence-corrected chi connectivity index (χ2v) is 8.95. The third-order valence-electron chi connectivity index (χ3n) is 6.42. The minimum atomic E-state index is -0.894. The van der Waals surface area contributed by atoms with E-state index in [2.05, 4.69) is 16.0 Å². The van der Waals surface area contributed by atoms with Crippen molar-refractivity contribution in [1.29, 1.82) is 0 Å². The minimum absolute atomic E-state index is 0.129. The number of amides is 2. The van der Waals surface area contributed by atoms with E-state index in [0.717, 1.165) is 36.4 Å². The van der Waals surface area contributed by atoms with Crippen LogP contribution in [0.5, 0.6) is 17.2 Å². The summed E-state index contributed by atoms with van der Waals surface area (Å²) >= 11 is 0. The number of rotatable bonds is 10. The molecule has 7 nitrogen and oxygen atoms in total. The molecule has 188 valence electrons. The standard InChI is InChI=1S/C29H33N3O4/c1-35-24-16-12-23(13-17-24)30-20-21-31-28(34)29(18-6-3-7-19-29)32-27(33)22-10-14-26(15-11-22)36-25-8-4-2-5-9-25/h2,4-5,8-17,30H,3,6-7,18-21H2,1H3,(H,31,34)(H,32,33). The Bertz CT molecular complexity index is 1130. The molecular weight excluding hydrogens is 454 g/mol. The molecule has 0 bridgehead atoms. The Morgan fingerprint density at radius 1 is 0.778 bits per heavy atom. The molecule has 4 rings (SSSR count). The number of benzene rings is 3. The van der Waals surface area contributed by atoms with Crippen molar-refractivity contribution in [2.75, 3.05) is 25.5 Å². The molecule has 0 spiro atoms. The number of carbonyl (C=O) groups is 2. The SMILES string of the molecule is COc1ccc(NCCNC(=O)C2(NC(=O)c3ccc(Oc4ccccc4)cc3)CCCCC2)cc1. The molecule has 1 aliphatic carbocycles. The zero-order chi connectivity index (χ0) is 25.2. The first-order valence-corrected chi connectivity index (χ1v) is 12.4. The summed E-state index contributed by atoms with van der Waals surface area (Å²) in [4.78, 5) is 26.4. The van der Waals surface area contributed by atoms with Crippen LogP contribution in [0.2, 0.25) is 0 Å². The number of para-hydroxylation sites is 1. The molecule has 3 aromatic rings. The van der Waals surface area contributed by atoms with E-state index in [1.807, 2.05) is 54.6 Å². The Hall–Kier alpha value is -4.00. The van der Waals surface area contributed by atoms with Gasteiger partial charge in [-0.3, -0.25) is 9.59 Å². The van der Waals surface area contributed by atoms with Crippen molar-refractivity contribution in [2.24, 2.45) is 0 Å². The summed E-state index contributed by atoms with van der Waals surface area (Å²) in [5, 5.41) is 9.37. The largest absolute Gasteiger partial charge is 0.497 e. The van der Waals surface area contributed by atoms with Gasteiger partial charge in [-0.1, -0.05) is 37.5 Å². The molecule has 36 heavy (non-hydrogen) atoms. The fourth-order valence-electron chi connectivity index (χ4n) is 4.41. The molecule has 0 atom stereocenters. The van der Waals surface area contributed by atoms with Crippen molar-refractivity contribution in [3.63, 3.8) is 0 Å². The van der Waals surface area contributed by atoms with Gasteiger partial charge < -0.3 is 25.4 Å². The van der Waals surface area contributed by atoms with E-state index < -0.39 is 5.54 Å². The molecule has 2 amide bonds. The van der Waals surface area contributed by atoms with Gasteiger partial charge in [0.2, 0.25) is 5.91 Å². The molecule has 0 saturated heterocycles. The number of nitrogens with one attached hydrogen (secondary N) is 3. The summed E-state index contributed by atoms with van der Waals surface area (Å²) in [7, 11) is 1.63.